The Hall–Kier alpha value is -1.56. The van der Waals surface area contributed by atoms with Crippen LogP contribution < -0.4 is 0 Å². The Morgan fingerprint density at radius 3 is 2.90 bits per heavy atom. The van der Waals surface area contributed by atoms with Gasteiger partial charge in [0.1, 0.15) is 0 Å². The molecule has 0 aromatic carbocycles. The molecule has 114 valence electrons. The van der Waals surface area contributed by atoms with Crippen molar-refractivity contribution in [3.8, 4) is 0 Å². The molecule has 0 saturated heterocycles. The predicted molar refractivity (Wildman–Crippen MR) is 84.5 cm³/mol. The lowest BCUT2D eigenvalue weighted by atomic mass is 10.3. The number of ether oxygens (including phenoxy) is 1. The molecule has 2 heterocycles. The van der Waals surface area contributed by atoms with Gasteiger partial charge in [0.25, 0.3) is 0 Å². The van der Waals surface area contributed by atoms with Gasteiger partial charge in [0.15, 0.2) is 0 Å². The molecule has 0 aliphatic heterocycles. The van der Waals surface area contributed by atoms with Crippen molar-refractivity contribution in [2.24, 2.45) is 0 Å². The maximum Gasteiger partial charge on any atom is 0.306 e. The zero-order valence-corrected chi connectivity index (χ0v) is 13.7. The minimum Gasteiger partial charge on any atom is -0.466 e. The zero-order chi connectivity index (χ0) is 15.4. The molecule has 0 radical (unpaired) electrons. The summed E-state index contributed by atoms with van der Waals surface area (Å²) in [5.41, 5.74) is 3.08. The molecule has 0 bridgehead atoms. The van der Waals surface area contributed by atoms with Gasteiger partial charge in [-0.3, -0.25) is 9.20 Å². The topological polar surface area (TPSA) is 56.5 Å². The normalized spacial score (nSPS) is 12.6. The molecular weight excluding hydrogens is 286 g/mol. The van der Waals surface area contributed by atoms with Crippen LogP contribution in [0.4, 0.5) is 0 Å². The van der Waals surface area contributed by atoms with Gasteiger partial charge >= 0.3 is 5.97 Å². The van der Waals surface area contributed by atoms with Gasteiger partial charge < -0.3 is 4.74 Å². The van der Waals surface area contributed by atoms with E-state index in [1.165, 1.54) is 0 Å². The third kappa shape index (κ3) is 4.20. The standard InChI is InChI=1S/C15H21N3O2S/c1-5-20-14(19)7-12(4)21-9-13-8-18-11(3)6-10(2)16-15(18)17-13/h6,8,12H,5,7,9H2,1-4H3/t12-/m1/s1. The van der Waals surface area contributed by atoms with E-state index in [1.54, 1.807) is 11.8 Å². The first-order chi connectivity index (χ1) is 9.99. The zero-order valence-electron chi connectivity index (χ0n) is 12.9. The maximum atomic E-state index is 11.4. The van der Waals surface area contributed by atoms with Crippen LogP contribution in [-0.4, -0.2) is 32.2 Å². The molecule has 0 aliphatic rings. The van der Waals surface area contributed by atoms with Crippen LogP contribution in [0.15, 0.2) is 12.3 Å². The minimum absolute atomic E-state index is 0.138. The SMILES string of the molecule is CCOC(=O)C[C@@H](C)SCc1cn2c(C)cc(C)nc2n1. The Labute approximate surface area is 129 Å². The van der Waals surface area contributed by atoms with E-state index < -0.39 is 0 Å². The van der Waals surface area contributed by atoms with Gasteiger partial charge in [0.05, 0.1) is 18.7 Å². The Kier molecular flexibility index (Phi) is 5.22. The van der Waals surface area contributed by atoms with Gasteiger partial charge in [0.2, 0.25) is 5.78 Å². The first-order valence-electron chi connectivity index (χ1n) is 7.09. The van der Waals surface area contributed by atoms with Gasteiger partial charge in [-0.25, -0.2) is 9.97 Å². The van der Waals surface area contributed by atoms with Gasteiger partial charge in [-0.15, -0.1) is 0 Å². The van der Waals surface area contributed by atoms with E-state index in [0.29, 0.717) is 13.0 Å². The molecule has 5 nitrogen and oxygen atoms in total. The van der Waals surface area contributed by atoms with E-state index in [2.05, 4.69) is 9.97 Å². The molecule has 0 fully saturated rings. The van der Waals surface area contributed by atoms with Crippen molar-refractivity contribution in [2.75, 3.05) is 6.61 Å². The summed E-state index contributed by atoms with van der Waals surface area (Å²) in [6, 6.07) is 2.04. The molecule has 0 spiro atoms. The van der Waals surface area contributed by atoms with Gasteiger partial charge in [-0.2, -0.15) is 11.8 Å². The molecular formula is C15H21N3O2S. The summed E-state index contributed by atoms with van der Waals surface area (Å²) in [6.07, 6.45) is 2.45. The van der Waals surface area contributed by atoms with Crippen LogP contribution in [0.5, 0.6) is 0 Å². The number of hydrogen-bond donors (Lipinski definition) is 0. The Bertz CT molecular complexity index is 639. The van der Waals surface area contributed by atoms with E-state index in [0.717, 1.165) is 28.6 Å². The van der Waals surface area contributed by atoms with Crippen molar-refractivity contribution < 1.29 is 9.53 Å². The largest absolute Gasteiger partial charge is 0.466 e. The molecule has 2 aromatic rings. The fourth-order valence-corrected chi connectivity index (χ4v) is 2.98. The number of aryl methyl sites for hydroxylation is 2. The summed E-state index contributed by atoms with van der Waals surface area (Å²) in [7, 11) is 0. The van der Waals surface area contributed by atoms with Gasteiger partial charge in [-0.05, 0) is 26.8 Å². The number of carbonyl (C=O) groups is 1. The number of fused-ring (bicyclic) bond motifs is 1. The molecule has 6 heteroatoms. The summed E-state index contributed by atoms with van der Waals surface area (Å²) in [4.78, 5) is 20.4. The van der Waals surface area contributed by atoms with E-state index in [1.807, 2.05) is 44.4 Å². The Morgan fingerprint density at radius 1 is 1.43 bits per heavy atom. The monoisotopic (exact) mass is 307 g/mol. The average Bonchev–Trinajstić information content (AvgIpc) is 2.79. The Balaban J connectivity index is 1.97. The molecule has 21 heavy (non-hydrogen) atoms. The van der Waals surface area contributed by atoms with Gasteiger partial charge in [0, 0.05) is 28.6 Å². The first kappa shape index (κ1) is 15.8. The second-order valence-electron chi connectivity index (χ2n) is 5.07. The van der Waals surface area contributed by atoms with Crippen molar-refractivity contribution in [3.63, 3.8) is 0 Å². The van der Waals surface area contributed by atoms with Crippen LogP contribution >= 0.6 is 11.8 Å². The quantitative estimate of drug-likeness (QED) is 0.768. The van der Waals surface area contributed by atoms with Crippen LogP contribution in [0.1, 0.15) is 37.4 Å². The molecule has 0 amide bonds. The number of rotatable bonds is 6. The van der Waals surface area contributed by atoms with Crippen molar-refractivity contribution >= 4 is 23.5 Å². The molecule has 0 aliphatic carbocycles. The van der Waals surface area contributed by atoms with E-state index >= 15 is 0 Å². The van der Waals surface area contributed by atoms with Crippen molar-refractivity contribution in [2.45, 2.75) is 45.1 Å². The van der Waals surface area contributed by atoms with E-state index in [4.69, 9.17) is 4.74 Å². The lowest BCUT2D eigenvalue weighted by Gasteiger charge is -2.08. The Morgan fingerprint density at radius 2 is 2.19 bits per heavy atom. The fourth-order valence-electron chi connectivity index (χ4n) is 2.13. The molecule has 0 unspecified atom stereocenters. The summed E-state index contributed by atoms with van der Waals surface area (Å²) in [5, 5.41) is 0.213. The number of hydrogen-bond acceptors (Lipinski definition) is 5. The summed E-state index contributed by atoms with van der Waals surface area (Å²) in [6.45, 7) is 8.31. The third-order valence-electron chi connectivity index (χ3n) is 3.09. The molecule has 0 saturated carbocycles. The van der Waals surface area contributed by atoms with Crippen molar-refractivity contribution in [1.29, 1.82) is 0 Å². The van der Waals surface area contributed by atoms with Crippen LogP contribution in [-0.2, 0) is 15.3 Å². The first-order valence-corrected chi connectivity index (χ1v) is 8.14. The molecule has 2 rings (SSSR count). The molecule has 2 aromatic heterocycles. The van der Waals surface area contributed by atoms with E-state index in [-0.39, 0.29) is 11.2 Å². The number of aromatic nitrogens is 3. The predicted octanol–water partition coefficient (Wildman–Crippen LogP) is 2.92. The highest BCUT2D eigenvalue weighted by Gasteiger charge is 2.12. The van der Waals surface area contributed by atoms with Crippen LogP contribution in [0, 0.1) is 13.8 Å². The number of carbonyl (C=O) groups excluding carboxylic acids is 1. The highest BCUT2D eigenvalue weighted by Crippen LogP contribution is 2.20. The lowest BCUT2D eigenvalue weighted by Crippen LogP contribution is -2.10. The number of nitrogens with zero attached hydrogens (tertiary/aromatic N) is 3. The molecule has 0 N–H and O–H groups in total. The van der Waals surface area contributed by atoms with Crippen LogP contribution in [0.25, 0.3) is 5.78 Å². The van der Waals surface area contributed by atoms with Crippen LogP contribution in [0.3, 0.4) is 0 Å². The molecule has 1 atom stereocenters. The van der Waals surface area contributed by atoms with Gasteiger partial charge in [-0.1, -0.05) is 6.92 Å². The number of thioether (sulfide) groups is 1. The second-order valence-corrected chi connectivity index (χ2v) is 6.50. The smallest absolute Gasteiger partial charge is 0.306 e. The summed E-state index contributed by atoms with van der Waals surface area (Å²) in [5.74, 6) is 1.37. The third-order valence-corrected chi connectivity index (χ3v) is 4.28. The maximum absolute atomic E-state index is 11.4. The second kappa shape index (κ2) is 6.93. The summed E-state index contributed by atoms with van der Waals surface area (Å²) < 4.78 is 6.96. The highest BCUT2D eigenvalue weighted by atomic mass is 32.2. The number of esters is 1. The summed E-state index contributed by atoms with van der Waals surface area (Å²) >= 11 is 1.70. The highest BCUT2D eigenvalue weighted by molar-refractivity contribution is 7.99. The van der Waals surface area contributed by atoms with Crippen LogP contribution in [0.2, 0.25) is 0 Å². The average molecular weight is 307 g/mol. The fraction of sp³-hybridized carbons (Fsp3) is 0.533. The van der Waals surface area contributed by atoms with Crippen molar-refractivity contribution in [3.05, 3.63) is 29.3 Å². The number of imidazole rings is 1. The minimum atomic E-state index is -0.138. The van der Waals surface area contributed by atoms with Crippen molar-refractivity contribution in [1.82, 2.24) is 14.4 Å². The van der Waals surface area contributed by atoms with E-state index in [9.17, 15) is 4.79 Å². The lowest BCUT2D eigenvalue weighted by molar-refractivity contribution is -0.142.